The van der Waals surface area contributed by atoms with Crippen molar-refractivity contribution in [1.29, 1.82) is 21.0 Å². The predicted octanol–water partition coefficient (Wildman–Crippen LogP) is 2.52. The van der Waals surface area contributed by atoms with Crippen molar-refractivity contribution in [3.63, 3.8) is 0 Å². The van der Waals surface area contributed by atoms with E-state index in [0.717, 1.165) is 19.1 Å². The SMILES string of the molecule is CC(C#N)(C#N)c1c(F)c(F)c([C](C#N)C#N)c(F)c1F. The maximum atomic E-state index is 13.9. The van der Waals surface area contributed by atoms with Gasteiger partial charge in [0.15, 0.2) is 28.7 Å². The van der Waals surface area contributed by atoms with Crippen LogP contribution < -0.4 is 0 Å². The maximum Gasteiger partial charge on any atom is 0.210 e. The third kappa shape index (κ3) is 2.24. The van der Waals surface area contributed by atoms with Crippen molar-refractivity contribution in [1.82, 2.24) is 0 Å². The molecule has 4 nitrogen and oxygen atoms in total. The third-order valence-corrected chi connectivity index (χ3v) is 2.68. The molecule has 0 aliphatic rings. The summed E-state index contributed by atoms with van der Waals surface area (Å²) in [4.78, 5) is 0. The molecule has 8 heteroatoms. The maximum absolute atomic E-state index is 13.9. The summed E-state index contributed by atoms with van der Waals surface area (Å²) in [5, 5.41) is 34.6. The summed E-state index contributed by atoms with van der Waals surface area (Å²) < 4.78 is 55.4. The Morgan fingerprint density at radius 2 is 1.19 bits per heavy atom. The van der Waals surface area contributed by atoms with Crippen LogP contribution in [0.2, 0.25) is 0 Å². The van der Waals surface area contributed by atoms with Gasteiger partial charge in [0, 0.05) is 0 Å². The van der Waals surface area contributed by atoms with Crippen LogP contribution in [0.25, 0.3) is 0 Å². The van der Waals surface area contributed by atoms with Gasteiger partial charge in [0.2, 0.25) is 5.92 Å². The molecule has 0 spiro atoms. The lowest BCUT2D eigenvalue weighted by Gasteiger charge is -2.17. The molecule has 1 radical (unpaired) electrons. The van der Waals surface area contributed by atoms with Gasteiger partial charge < -0.3 is 0 Å². The van der Waals surface area contributed by atoms with Crippen LogP contribution in [0, 0.1) is 74.5 Å². The van der Waals surface area contributed by atoms with Gasteiger partial charge >= 0.3 is 0 Å². The molecule has 0 aliphatic carbocycles. The van der Waals surface area contributed by atoms with Gasteiger partial charge in [0.25, 0.3) is 0 Å². The molecule has 0 heterocycles. The van der Waals surface area contributed by atoms with Crippen LogP contribution in [0.4, 0.5) is 17.6 Å². The molecule has 0 atom stereocenters. The first-order valence-electron chi connectivity index (χ1n) is 5.15. The minimum absolute atomic E-state index is 0.770. The van der Waals surface area contributed by atoms with E-state index in [4.69, 9.17) is 21.0 Å². The van der Waals surface area contributed by atoms with E-state index in [1.165, 1.54) is 12.1 Å². The van der Waals surface area contributed by atoms with Crippen molar-refractivity contribution in [2.75, 3.05) is 0 Å². The molecule has 0 bridgehead atoms. The molecule has 0 fully saturated rings. The van der Waals surface area contributed by atoms with E-state index < -0.39 is 45.7 Å². The summed E-state index contributed by atoms with van der Waals surface area (Å²) in [6.45, 7) is 0.770. The summed E-state index contributed by atoms with van der Waals surface area (Å²) in [5.41, 5.74) is -5.37. The van der Waals surface area contributed by atoms with Gasteiger partial charge in [-0.05, 0) is 6.92 Å². The Morgan fingerprint density at radius 3 is 1.48 bits per heavy atom. The lowest BCUT2D eigenvalue weighted by Crippen LogP contribution is -2.24. The normalized spacial score (nSPS) is 10.4. The summed E-state index contributed by atoms with van der Waals surface area (Å²) in [6.07, 6.45) is 0. The fourth-order valence-electron chi connectivity index (χ4n) is 1.56. The molecular formula is C13H3F4N4. The Labute approximate surface area is 116 Å². The molecule has 0 amide bonds. The molecule has 0 unspecified atom stereocenters. The summed E-state index contributed by atoms with van der Waals surface area (Å²) in [5.74, 6) is -9.21. The van der Waals surface area contributed by atoms with Crippen LogP contribution in [0.1, 0.15) is 18.1 Å². The summed E-state index contributed by atoms with van der Waals surface area (Å²) in [7, 11) is 0. The monoisotopic (exact) mass is 291 g/mol. The smallest absolute Gasteiger partial charge is 0.203 e. The Hall–Kier alpha value is -3.10. The first-order chi connectivity index (χ1) is 9.78. The number of hydrogen-bond donors (Lipinski definition) is 0. The molecule has 0 saturated carbocycles. The number of rotatable bonds is 2. The fourth-order valence-corrected chi connectivity index (χ4v) is 1.56. The first kappa shape index (κ1) is 16.0. The van der Waals surface area contributed by atoms with Gasteiger partial charge in [-0.3, -0.25) is 0 Å². The van der Waals surface area contributed by atoms with Crippen molar-refractivity contribution < 1.29 is 17.6 Å². The lowest BCUT2D eigenvalue weighted by atomic mass is 9.83. The van der Waals surface area contributed by atoms with Crippen LogP contribution in [-0.4, -0.2) is 0 Å². The first-order valence-corrected chi connectivity index (χ1v) is 5.15. The number of nitriles is 4. The van der Waals surface area contributed by atoms with E-state index >= 15 is 0 Å². The molecule has 0 aromatic heterocycles. The molecule has 0 N–H and O–H groups in total. The van der Waals surface area contributed by atoms with Crippen LogP contribution in [-0.2, 0) is 5.41 Å². The Morgan fingerprint density at radius 1 is 0.810 bits per heavy atom. The Balaban J connectivity index is 3.91. The van der Waals surface area contributed by atoms with E-state index in [9.17, 15) is 17.6 Å². The molecule has 0 aliphatic heterocycles. The summed E-state index contributed by atoms with van der Waals surface area (Å²) in [6, 6.07) is 4.70. The van der Waals surface area contributed by atoms with Crippen molar-refractivity contribution >= 4 is 0 Å². The molecule has 21 heavy (non-hydrogen) atoms. The second-order valence-electron chi connectivity index (χ2n) is 3.95. The second kappa shape index (κ2) is 5.49. The highest BCUT2D eigenvalue weighted by molar-refractivity contribution is 5.53. The van der Waals surface area contributed by atoms with Crippen molar-refractivity contribution in [3.8, 4) is 24.3 Å². The van der Waals surface area contributed by atoms with Crippen molar-refractivity contribution in [3.05, 3.63) is 40.3 Å². The Kier molecular flexibility index (Phi) is 4.17. The standard InChI is InChI=1S/C13H3F4N4/c1-13(4-20,5-21)8-11(16)9(14)7(6(2-18)3-19)10(15)12(8)17/h1H3. The van der Waals surface area contributed by atoms with E-state index in [1.807, 2.05) is 0 Å². The van der Waals surface area contributed by atoms with Gasteiger partial charge in [-0.25, -0.2) is 17.6 Å². The Bertz CT molecular complexity index is 717. The van der Waals surface area contributed by atoms with Gasteiger partial charge in [0.1, 0.15) is 0 Å². The quantitative estimate of drug-likeness (QED) is 0.617. The number of hydrogen-bond acceptors (Lipinski definition) is 4. The zero-order valence-electron chi connectivity index (χ0n) is 10.3. The topological polar surface area (TPSA) is 95.2 Å². The van der Waals surface area contributed by atoms with Gasteiger partial charge in [-0.15, -0.1) is 0 Å². The fraction of sp³-hybridized carbons (Fsp3) is 0.154. The van der Waals surface area contributed by atoms with Gasteiger partial charge in [0.05, 0.1) is 35.4 Å². The van der Waals surface area contributed by atoms with E-state index in [2.05, 4.69) is 0 Å². The van der Waals surface area contributed by atoms with Crippen LogP contribution in [0.15, 0.2) is 0 Å². The minimum Gasteiger partial charge on any atom is -0.203 e. The molecule has 1 rings (SSSR count). The highest BCUT2D eigenvalue weighted by atomic mass is 19.2. The number of halogens is 4. The number of benzene rings is 1. The average Bonchev–Trinajstić information content (AvgIpc) is 2.49. The largest absolute Gasteiger partial charge is 0.210 e. The van der Waals surface area contributed by atoms with Crippen LogP contribution in [0.5, 0.6) is 0 Å². The molecule has 1 aromatic carbocycles. The minimum atomic E-state index is -2.48. The molecular weight excluding hydrogens is 288 g/mol. The molecule has 1 aromatic rings. The zero-order valence-corrected chi connectivity index (χ0v) is 10.3. The molecule has 0 saturated heterocycles. The predicted molar refractivity (Wildman–Crippen MR) is 58.4 cm³/mol. The number of nitrogens with zero attached hydrogens (tertiary/aromatic N) is 4. The summed E-state index contributed by atoms with van der Waals surface area (Å²) >= 11 is 0. The average molecular weight is 291 g/mol. The van der Waals surface area contributed by atoms with E-state index in [-0.39, 0.29) is 0 Å². The molecule has 103 valence electrons. The van der Waals surface area contributed by atoms with Crippen molar-refractivity contribution in [2.45, 2.75) is 12.3 Å². The van der Waals surface area contributed by atoms with E-state index in [1.54, 1.807) is 0 Å². The lowest BCUT2D eigenvalue weighted by molar-refractivity contribution is 0.421. The highest BCUT2D eigenvalue weighted by Gasteiger charge is 2.40. The second-order valence-corrected chi connectivity index (χ2v) is 3.95. The van der Waals surface area contributed by atoms with Crippen LogP contribution >= 0.6 is 0 Å². The van der Waals surface area contributed by atoms with Crippen molar-refractivity contribution in [2.24, 2.45) is 0 Å². The van der Waals surface area contributed by atoms with E-state index in [0.29, 0.717) is 0 Å². The van der Waals surface area contributed by atoms with Gasteiger partial charge in [-0.1, -0.05) is 0 Å². The van der Waals surface area contributed by atoms with Crippen LogP contribution in [0.3, 0.4) is 0 Å². The third-order valence-electron chi connectivity index (χ3n) is 2.68. The highest BCUT2D eigenvalue weighted by Crippen LogP contribution is 2.35. The zero-order chi connectivity index (χ0) is 16.4. The van der Waals surface area contributed by atoms with Gasteiger partial charge in [-0.2, -0.15) is 21.0 Å².